The van der Waals surface area contributed by atoms with Gasteiger partial charge in [0.25, 0.3) is 0 Å². The van der Waals surface area contributed by atoms with Gasteiger partial charge in [-0.2, -0.15) is 15.2 Å². The summed E-state index contributed by atoms with van der Waals surface area (Å²) in [5.41, 5.74) is 3.14. The van der Waals surface area contributed by atoms with Crippen molar-refractivity contribution in [3.63, 3.8) is 0 Å². The van der Waals surface area contributed by atoms with Gasteiger partial charge in [0.1, 0.15) is 12.4 Å². The summed E-state index contributed by atoms with van der Waals surface area (Å²) in [5.74, 6) is 0.994. The summed E-state index contributed by atoms with van der Waals surface area (Å²) in [6, 6.07) is 14.7. The van der Waals surface area contributed by atoms with Crippen LogP contribution in [0.1, 0.15) is 43.4 Å². The van der Waals surface area contributed by atoms with Crippen molar-refractivity contribution in [1.29, 1.82) is 5.26 Å². The lowest BCUT2D eigenvalue weighted by atomic mass is 9.95. The number of rotatable bonds is 9. The number of hydrogen-bond acceptors (Lipinski definition) is 11. The average Bonchev–Trinajstić information content (AvgIpc) is 3.75. The molecule has 0 bridgehead atoms. The van der Waals surface area contributed by atoms with Crippen molar-refractivity contribution in [1.82, 2.24) is 24.7 Å². The van der Waals surface area contributed by atoms with Crippen LogP contribution in [-0.4, -0.2) is 128 Å². The van der Waals surface area contributed by atoms with E-state index in [2.05, 4.69) is 45.0 Å². The van der Waals surface area contributed by atoms with Gasteiger partial charge in [-0.05, 0) is 62.7 Å². The van der Waals surface area contributed by atoms with Gasteiger partial charge in [-0.15, -0.1) is 0 Å². The molecule has 0 N–H and O–H groups in total. The molecular weight excluding hydrogens is 712 g/mol. The summed E-state index contributed by atoms with van der Waals surface area (Å²) in [6.07, 6.45) is 8.93. The Bertz CT molecular complexity index is 2030. The number of nitrogens with zero attached hydrogens (tertiary/aromatic N) is 8. The Balaban J connectivity index is 1.04. The maximum atomic E-state index is 13.5. The number of hydrogen-bond donors (Lipinski definition) is 0. The van der Waals surface area contributed by atoms with E-state index < -0.39 is 9.84 Å². The molecule has 0 radical (unpaired) electrons. The van der Waals surface area contributed by atoms with Gasteiger partial charge in [0, 0.05) is 68.5 Å². The molecule has 12 nitrogen and oxygen atoms in total. The molecule has 1 amide bonds. The van der Waals surface area contributed by atoms with E-state index >= 15 is 0 Å². The fourth-order valence-corrected chi connectivity index (χ4v) is 10.6. The van der Waals surface area contributed by atoms with Crippen LogP contribution >= 0.6 is 11.6 Å². The Hall–Kier alpha value is -3.96. The van der Waals surface area contributed by atoms with Gasteiger partial charge in [0.2, 0.25) is 5.91 Å². The minimum atomic E-state index is -2.96. The van der Waals surface area contributed by atoms with Crippen molar-refractivity contribution in [2.75, 3.05) is 86.8 Å². The first kappa shape index (κ1) is 36.0. The quantitative estimate of drug-likeness (QED) is 0.293. The number of aromatic nitrogens is 2. The number of amides is 1. The number of carbonyl (C=O) groups excluding carboxylic acids is 1. The Morgan fingerprint density at radius 2 is 1.77 bits per heavy atom. The predicted molar refractivity (Wildman–Crippen MR) is 206 cm³/mol. The van der Waals surface area contributed by atoms with Crippen LogP contribution in [0.3, 0.4) is 0 Å². The Morgan fingerprint density at radius 3 is 2.55 bits per heavy atom. The van der Waals surface area contributed by atoms with Crippen molar-refractivity contribution in [2.24, 2.45) is 0 Å². The predicted octanol–water partition coefficient (Wildman–Crippen LogP) is 4.07. The summed E-state index contributed by atoms with van der Waals surface area (Å²) in [5, 5.41) is 12.7. The molecular formula is C39H47ClN8O4S. The summed E-state index contributed by atoms with van der Waals surface area (Å²) >= 11 is 6.77. The topological polar surface area (TPSA) is 126 Å². The van der Waals surface area contributed by atoms with Gasteiger partial charge in [0.05, 0.1) is 52.8 Å². The minimum Gasteiger partial charge on any atom is -0.461 e. The fraction of sp³-hybridized carbons (Fsp3) is 0.538. The first-order valence-electron chi connectivity index (χ1n) is 18.9. The number of sulfone groups is 1. The van der Waals surface area contributed by atoms with Crippen LogP contribution in [0.2, 0.25) is 5.02 Å². The van der Waals surface area contributed by atoms with Gasteiger partial charge in [-0.3, -0.25) is 14.6 Å². The van der Waals surface area contributed by atoms with Crippen LogP contribution in [0.5, 0.6) is 6.01 Å². The molecule has 8 rings (SSSR count). The minimum absolute atomic E-state index is 0.0499. The second kappa shape index (κ2) is 15.1. The number of halogens is 1. The number of benzene rings is 2. The smallest absolute Gasteiger partial charge is 0.318 e. The second-order valence-corrected chi connectivity index (χ2v) is 17.8. The van der Waals surface area contributed by atoms with Crippen molar-refractivity contribution in [3.8, 4) is 12.1 Å². The molecule has 280 valence electrons. The largest absolute Gasteiger partial charge is 0.461 e. The van der Waals surface area contributed by atoms with Crippen LogP contribution in [0.25, 0.3) is 10.8 Å². The highest BCUT2D eigenvalue weighted by Crippen LogP contribution is 2.40. The highest BCUT2D eigenvalue weighted by Gasteiger charge is 2.45. The summed E-state index contributed by atoms with van der Waals surface area (Å²) in [7, 11) is -2.96. The van der Waals surface area contributed by atoms with E-state index in [9.17, 15) is 18.5 Å². The molecule has 1 aromatic heterocycles. The van der Waals surface area contributed by atoms with Crippen molar-refractivity contribution >= 4 is 49.6 Å². The standard InChI is InChI=1S/C39H47ClN8O4S/c40-32-8-1-6-29-7-2-9-34(36(29)32)45-19-12-31-33(27-45)42-38(52-28-39-13-4-17-47(39)18-5-14-39)43-37(31)46-20-21-48(30(26-46)11-15-41)35(49)10-3-16-44-22-24-53(50,51)25-23-44/h1-3,6-10,30H,4-5,11-14,16-28H2/b10-3+/t30-/m0/s1. The van der Waals surface area contributed by atoms with Crippen LogP contribution in [0, 0.1) is 11.3 Å². The van der Waals surface area contributed by atoms with Crippen LogP contribution in [0.15, 0.2) is 48.6 Å². The molecule has 4 fully saturated rings. The molecule has 3 aromatic rings. The molecule has 14 heteroatoms. The average molecular weight is 759 g/mol. The zero-order chi connectivity index (χ0) is 36.6. The summed E-state index contributed by atoms with van der Waals surface area (Å²) in [4.78, 5) is 34.6. The van der Waals surface area contributed by atoms with E-state index in [1.165, 1.54) is 12.8 Å². The van der Waals surface area contributed by atoms with Crippen LogP contribution in [-0.2, 0) is 27.6 Å². The molecule has 1 atom stereocenters. The third-order valence-electron chi connectivity index (χ3n) is 11.9. The van der Waals surface area contributed by atoms with Crippen molar-refractivity contribution in [3.05, 3.63) is 64.8 Å². The molecule has 6 heterocycles. The van der Waals surface area contributed by atoms with E-state index in [0.717, 1.165) is 77.5 Å². The van der Waals surface area contributed by atoms with Gasteiger partial charge >= 0.3 is 6.01 Å². The van der Waals surface area contributed by atoms with Crippen molar-refractivity contribution < 1.29 is 17.9 Å². The molecule has 0 aliphatic carbocycles. The Morgan fingerprint density at radius 1 is 1.00 bits per heavy atom. The molecule has 53 heavy (non-hydrogen) atoms. The van der Waals surface area contributed by atoms with E-state index in [1.807, 2.05) is 23.1 Å². The lowest BCUT2D eigenvalue weighted by Crippen LogP contribution is -2.55. The van der Waals surface area contributed by atoms with E-state index in [4.69, 9.17) is 26.3 Å². The van der Waals surface area contributed by atoms with Gasteiger partial charge in [0.15, 0.2) is 9.84 Å². The van der Waals surface area contributed by atoms with Gasteiger partial charge in [-0.25, -0.2) is 8.42 Å². The summed E-state index contributed by atoms with van der Waals surface area (Å²) < 4.78 is 30.2. The number of carbonyl (C=O) groups is 1. The molecule has 4 saturated heterocycles. The molecule has 2 aromatic carbocycles. The number of fused-ring (bicyclic) bond motifs is 3. The van der Waals surface area contributed by atoms with Crippen molar-refractivity contribution in [2.45, 2.75) is 56.7 Å². The van der Waals surface area contributed by atoms with E-state index in [-0.39, 0.29) is 35.4 Å². The Labute approximate surface area is 316 Å². The normalized spacial score (nSPS) is 22.9. The van der Waals surface area contributed by atoms with Gasteiger partial charge in [-0.1, -0.05) is 41.9 Å². The lowest BCUT2D eigenvalue weighted by molar-refractivity contribution is -0.128. The third kappa shape index (κ3) is 7.43. The molecule has 0 unspecified atom stereocenters. The highest BCUT2D eigenvalue weighted by molar-refractivity contribution is 7.91. The van der Waals surface area contributed by atoms with Crippen LogP contribution < -0.4 is 14.5 Å². The van der Waals surface area contributed by atoms with E-state index in [0.29, 0.717) is 58.4 Å². The third-order valence-corrected chi connectivity index (χ3v) is 13.9. The molecule has 5 aliphatic heterocycles. The van der Waals surface area contributed by atoms with E-state index in [1.54, 1.807) is 11.0 Å². The fourth-order valence-electron chi connectivity index (χ4n) is 9.07. The first-order chi connectivity index (χ1) is 25.7. The molecule has 0 spiro atoms. The maximum absolute atomic E-state index is 13.5. The molecule has 0 saturated carbocycles. The number of anilines is 2. The first-order valence-corrected chi connectivity index (χ1v) is 21.1. The number of ether oxygens (including phenoxy) is 1. The van der Waals surface area contributed by atoms with Crippen LogP contribution in [0.4, 0.5) is 11.5 Å². The maximum Gasteiger partial charge on any atom is 0.318 e. The van der Waals surface area contributed by atoms with Gasteiger partial charge < -0.3 is 19.4 Å². The monoisotopic (exact) mass is 758 g/mol. The number of nitriles is 1. The Kier molecular flexibility index (Phi) is 10.2. The number of piperazine rings is 1. The zero-order valence-corrected chi connectivity index (χ0v) is 31.7. The second-order valence-electron chi connectivity index (χ2n) is 15.1. The highest BCUT2D eigenvalue weighted by atomic mass is 35.5. The zero-order valence-electron chi connectivity index (χ0n) is 30.1. The SMILES string of the molecule is N#CC[C@H]1CN(c2nc(OCC34CCCN3CCC4)nc3c2CCN(c2cccc4cccc(Cl)c24)C3)CCN1C(=O)/C=C/CN1CCS(=O)(=O)CC1. The summed E-state index contributed by atoms with van der Waals surface area (Å²) in [6.45, 7) is 7.08. The molecule has 5 aliphatic rings. The lowest BCUT2D eigenvalue weighted by Gasteiger charge is -2.42.